The summed E-state index contributed by atoms with van der Waals surface area (Å²) in [6.07, 6.45) is 0. The van der Waals surface area contributed by atoms with Crippen LogP contribution in [0.15, 0.2) is 40.3 Å². The molecule has 11 heteroatoms. The Kier molecular flexibility index (Phi) is 6.98. The Balaban J connectivity index is 1.77. The number of nitrogens with one attached hydrogen (secondary N) is 3. The van der Waals surface area contributed by atoms with Crippen LogP contribution in [0.3, 0.4) is 0 Å². The van der Waals surface area contributed by atoms with Crippen LogP contribution in [0, 0.1) is 25.5 Å². The van der Waals surface area contributed by atoms with Crippen molar-refractivity contribution in [1.82, 2.24) is 15.2 Å². The second kappa shape index (κ2) is 9.69. The molecular formula is C21H19F2N5O3S. The fraction of sp³-hybridized carbons (Fsp3) is 0.190. The van der Waals surface area contributed by atoms with E-state index in [1.165, 1.54) is 6.92 Å². The maximum Gasteiger partial charge on any atom is 0.278 e. The van der Waals surface area contributed by atoms with Crippen LogP contribution in [0.2, 0.25) is 0 Å². The van der Waals surface area contributed by atoms with Crippen LogP contribution in [0.25, 0.3) is 11.3 Å². The van der Waals surface area contributed by atoms with Crippen molar-refractivity contribution in [3.8, 4) is 11.3 Å². The Hall–Kier alpha value is -3.60. The minimum Gasteiger partial charge on any atom is -0.325 e. The molecule has 166 valence electrons. The Labute approximate surface area is 185 Å². The van der Waals surface area contributed by atoms with Gasteiger partial charge in [-0.05, 0) is 37.6 Å². The van der Waals surface area contributed by atoms with Crippen molar-refractivity contribution in [2.75, 3.05) is 16.4 Å². The number of rotatable bonds is 6. The average molecular weight is 459 g/mol. The molecule has 0 aliphatic heterocycles. The molecule has 2 aromatic carbocycles. The Morgan fingerprint density at radius 2 is 1.84 bits per heavy atom. The Morgan fingerprint density at radius 1 is 1.09 bits per heavy atom. The first kappa shape index (κ1) is 23.1. The number of aromatic nitrogens is 3. The highest BCUT2D eigenvalue weighted by molar-refractivity contribution is 7.99. The fourth-order valence-electron chi connectivity index (χ4n) is 2.97. The highest BCUT2D eigenvalue weighted by Gasteiger charge is 2.17. The molecule has 0 atom stereocenters. The summed E-state index contributed by atoms with van der Waals surface area (Å²) < 4.78 is 26.6. The van der Waals surface area contributed by atoms with E-state index in [-0.39, 0.29) is 28.2 Å². The second-order valence-electron chi connectivity index (χ2n) is 6.95. The number of carbonyl (C=O) groups excluding carboxylic acids is 2. The van der Waals surface area contributed by atoms with Crippen molar-refractivity contribution in [3.63, 3.8) is 0 Å². The topological polar surface area (TPSA) is 117 Å². The third-order valence-electron chi connectivity index (χ3n) is 4.26. The lowest BCUT2D eigenvalue weighted by Crippen LogP contribution is -2.18. The molecule has 0 spiro atoms. The SMILES string of the molecule is CC(=O)Nc1c(C)cc(C)cc1-c1nnc(SCC(=O)Nc2ccc(F)cc2F)[nH]c1=O. The maximum absolute atomic E-state index is 13.6. The number of carbonyl (C=O) groups is 2. The summed E-state index contributed by atoms with van der Waals surface area (Å²) >= 11 is 0.889. The van der Waals surface area contributed by atoms with Gasteiger partial charge in [0.2, 0.25) is 11.8 Å². The second-order valence-corrected chi connectivity index (χ2v) is 7.92. The number of aryl methyl sites for hydroxylation is 2. The summed E-state index contributed by atoms with van der Waals surface area (Å²) in [5.74, 6) is -2.72. The molecule has 0 bridgehead atoms. The van der Waals surface area contributed by atoms with Crippen molar-refractivity contribution in [2.24, 2.45) is 0 Å². The summed E-state index contributed by atoms with van der Waals surface area (Å²) in [6.45, 7) is 5.01. The van der Waals surface area contributed by atoms with Gasteiger partial charge >= 0.3 is 0 Å². The van der Waals surface area contributed by atoms with Crippen LogP contribution >= 0.6 is 11.8 Å². The van der Waals surface area contributed by atoms with E-state index in [9.17, 15) is 23.2 Å². The smallest absolute Gasteiger partial charge is 0.278 e. The number of benzene rings is 2. The van der Waals surface area contributed by atoms with Crippen LogP contribution in [-0.4, -0.2) is 32.7 Å². The summed E-state index contributed by atoms with van der Waals surface area (Å²) in [4.78, 5) is 38.8. The Bertz CT molecular complexity index is 1260. The molecule has 3 N–H and O–H groups in total. The van der Waals surface area contributed by atoms with Crippen LogP contribution < -0.4 is 16.2 Å². The first-order valence-electron chi connectivity index (χ1n) is 9.38. The molecule has 8 nitrogen and oxygen atoms in total. The quantitative estimate of drug-likeness (QED) is 0.487. The number of thioether (sulfide) groups is 1. The minimum atomic E-state index is -0.899. The van der Waals surface area contributed by atoms with Crippen molar-refractivity contribution in [3.05, 3.63) is 63.4 Å². The average Bonchev–Trinajstić information content (AvgIpc) is 2.70. The van der Waals surface area contributed by atoms with Crippen molar-refractivity contribution in [2.45, 2.75) is 25.9 Å². The monoisotopic (exact) mass is 459 g/mol. The van der Waals surface area contributed by atoms with E-state index in [1.807, 2.05) is 13.0 Å². The van der Waals surface area contributed by atoms with Gasteiger partial charge in [-0.1, -0.05) is 23.4 Å². The van der Waals surface area contributed by atoms with Crippen molar-refractivity contribution in [1.29, 1.82) is 0 Å². The standard InChI is InChI=1S/C21H19F2N5O3S/c1-10-6-11(2)18(24-12(3)29)14(7-10)19-20(31)26-21(28-27-19)32-9-17(30)25-16-5-4-13(22)8-15(16)23/h4-8H,9H2,1-3H3,(H,24,29)(H,25,30)(H,26,28,31). The molecule has 0 aliphatic rings. The molecule has 0 radical (unpaired) electrons. The van der Waals surface area contributed by atoms with Crippen molar-refractivity contribution < 1.29 is 18.4 Å². The van der Waals surface area contributed by atoms with E-state index in [0.717, 1.165) is 35.0 Å². The number of aromatic amines is 1. The zero-order valence-corrected chi connectivity index (χ0v) is 18.2. The lowest BCUT2D eigenvalue weighted by molar-refractivity contribution is -0.114. The Morgan fingerprint density at radius 3 is 2.50 bits per heavy atom. The lowest BCUT2D eigenvalue weighted by atomic mass is 10.0. The summed E-state index contributed by atoms with van der Waals surface area (Å²) in [7, 11) is 0. The number of anilines is 2. The molecule has 2 amide bonds. The third-order valence-corrected chi connectivity index (χ3v) is 5.12. The number of H-pyrrole nitrogens is 1. The van der Waals surface area contributed by atoms with Gasteiger partial charge in [-0.25, -0.2) is 8.78 Å². The number of nitrogens with zero attached hydrogens (tertiary/aromatic N) is 2. The number of amides is 2. The molecule has 0 saturated heterocycles. The van der Waals surface area contributed by atoms with Gasteiger partial charge in [0.15, 0.2) is 10.9 Å². The first-order chi connectivity index (χ1) is 15.1. The van der Waals surface area contributed by atoms with Gasteiger partial charge in [0.05, 0.1) is 17.1 Å². The zero-order chi connectivity index (χ0) is 23.4. The van der Waals surface area contributed by atoms with Gasteiger partial charge in [-0.3, -0.25) is 19.4 Å². The summed E-state index contributed by atoms with van der Waals surface area (Å²) in [5, 5.41) is 13.0. The van der Waals surface area contributed by atoms with E-state index in [1.54, 1.807) is 13.0 Å². The van der Waals surface area contributed by atoms with Gasteiger partial charge < -0.3 is 10.6 Å². The molecular weight excluding hydrogens is 440 g/mol. The van der Waals surface area contributed by atoms with E-state index in [4.69, 9.17) is 0 Å². The molecule has 0 saturated carbocycles. The third kappa shape index (κ3) is 5.55. The zero-order valence-electron chi connectivity index (χ0n) is 17.4. The molecule has 0 fully saturated rings. The lowest BCUT2D eigenvalue weighted by Gasteiger charge is -2.13. The van der Waals surface area contributed by atoms with Crippen LogP contribution in [-0.2, 0) is 9.59 Å². The van der Waals surface area contributed by atoms with E-state index in [0.29, 0.717) is 17.3 Å². The van der Waals surface area contributed by atoms with Crippen molar-refractivity contribution >= 4 is 35.0 Å². The number of hydrogen-bond acceptors (Lipinski definition) is 6. The fourth-order valence-corrected chi connectivity index (χ4v) is 3.57. The van der Waals surface area contributed by atoms with Gasteiger partial charge in [-0.2, -0.15) is 0 Å². The minimum absolute atomic E-state index is 0.0164. The molecule has 0 unspecified atom stereocenters. The van der Waals surface area contributed by atoms with Crippen LogP contribution in [0.4, 0.5) is 20.2 Å². The van der Waals surface area contributed by atoms with Crippen LogP contribution in [0.1, 0.15) is 18.1 Å². The predicted octanol–water partition coefficient (Wildman–Crippen LogP) is 3.42. The van der Waals surface area contributed by atoms with Gasteiger partial charge in [0, 0.05) is 18.6 Å². The largest absolute Gasteiger partial charge is 0.325 e. The highest BCUT2D eigenvalue weighted by Crippen LogP contribution is 2.29. The summed E-state index contributed by atoms with van der Waals surface area (Å²) in [6, 6.07) is 6.38. The van der Waals surface area contributed by atoms with Gasteiger partial charge in [-0.15, -0.1) is 10.2 Å². The van der Waals surface area contributed by atoms with Crippen LogP contribution in [0.5, 0.6) is 0 Å². The number of hydrogen-bond donors (Lipinski definition) is 3. The van der Waals surface area contributed by atoms with Gasteiger partial charge in [0.1, 0.15) is 11.6 Å². The molecule has 1 aromatic heterocycles. The molecule has 3 rings (SSSR count). The van der Waals surface area contributed by atoms with E-state index < -0.39 is 23.1 Å². The molecule has 0 aliphatic carbocycles. The molecule has 32 heavy (non-hydrogen) atoms. The van der Waals surface area contributed by atoms with Gasteiger partial charge in [0.25, 0.3) is 5.56 Å². The molecule has 3 aromatic rings. The normalized spacial score (nSPS) is 10.7. The first-order valence-corrected chi connectivity index (χ1v) is 10.4. The number of halogens is 2. The predicted molar refractivity (Wildman–Crippen MR) is 118 cm³/mol. The summed E-state index contributed by atoms with van der Waals surface area (Å²) in [5.41, 5.74) is 1.83. The maximum atomic E-state index is 13.6. The molecule has 1 heterocycles. The highest BCUT2D eigenvalue weighted by atomic mass is 32.2. The van der Waals surface area contributed by atoms with E-state index >= 15 is 0 Å². The van der Waals surface area contributed by atoms with E-state index in [2.05, 4.69) is 25.8 Å².